The van der Waals surface area contributed by atoms with Gasteiger partial charge >= 0.3 is 0 Å². The predicted molar refractivity (Wildman–Crippen MR) is 114 cm³/mol. The molecule has 2 amide bonds. The summed E-state index contributed by atoms with van der Waals surface area (Å²) in [5.41, 5.74) is 0.735. The molecule has 9 heteroatoms. The van der Waals surface area contributed by atoms with E-state index >= 15 is 0 Å². The van der Waals surface area contributed by atoms with E-state index in [9.17, 15) is 9.59 Å². The van der Waals surface area contributed by atoms with Gasteiger partial charge in [-0.05, 0) is 43.2 Å². The Kier molecular flexibility index (Phi) is 6.44. The summed E-state index contributed by atoms with van der Waals surface area (Å²) in [6.07, 6.45) is 3.75. The first kappa shape index (κ1) is 21.5. The van der Waals surface area contributed by atoms with E-state index in [0.717, 1.165) is 12.8 Å². The van der Waals surface area contributed by atoms with E-state index in [-0.39, 0.29) is 43.1 Å². The highest BCUT2D eigenvalue weighted by molar-refractivity contribution is 5.93. The van der Waals surface area contributed by atoms with Crippen LogP contribution in [0, 0.1) is 0 Å². The number of carbonyl (C=O) groups is 2. The quantitative estimate of drug-likeness (QED) is 0.517. The fourth-order valence-corrected chi connectivity index (χ4v) is 3.28. The summed E-state index contributed by atoms with van der Waals surface area (Å²) < 4.78 is 21.5. The highest BCUT2D eigenvalue weighted by atomic mass is 16.5. The molecule has 1 fully saturated rings. The zero-order chi connectivity index (χ0) is 22.5. The van der Waals surface area contributed by atoms with E-state index in [1.54, 1.807) is 56.9 Å². The van der Waals surface area contributed by atoms with Crippen LogP contribution in [0.2, 0.25) is 0 Å². The standard InChI is InChI=1S/C23H25N3O6/c1-29-16-7-8-20(30-2)18(12-16)21-13-19(25-32-21)23(28)26(14-17-4-3-11-31-17)10-9-22(27)24-15-5-6-15/h3-4,7-8,11-13,15H,5-6,9-10,14H2,1-2H3,(H,24,27). The minimum Gasteiger partial charge on any atom is -0.497 e. The number of hydrogen-bond donors (Lipinski definition) is 1. The van der Waals surface area contributed by atoms with Gasteiger partial charge in [-0.15, -0.1) is 0 Å². The second-order valence-corrected chi connectivity index (χ2v) is 7.54. The van der Waals surface area contributed by atoms with Crippen LogP contribution in [-0.4, -0.2) is 48.7 Å². The topological polar surface area (TPSA) is 107 Å². The number of nitrogens with zero attached hydrogens (tertiary/aromatic N) is 2. The molecule has 0 unspecified atom stereocenters. The van der Waals surface area contributed by atoms with Crippen molar-refractivity contribution in [3.05, 3.63) is 54.1 Å². The molecule has 1 aromatic carbocycles. The number of ether oxygens (including phenoxy) is 2. The molecule has 168 valence electrons. The van der Waals surface area contributed by atoms with Crippen LogP contribution in [0.1, 0.15) is 35.5 Å². The molecule has 0 spiro atoms. The number of furan rings is 1. The van der Waals surface area contributed by atoms with Crippen LogP contribution < -0.4 is 14.8 Å². The van der Waals surface area contributed by atoms with Crippen LogP contribution in [0.3, 0.4) is 0 Å². The van der Waals surface area contributed by atoms with Crippen molar-refractivity contribution in [1.82, 2.24) is 15.4 Å². The number of hydrogen-bond acceptors (Lipinski definition) is 7. The van der Waals surface area contributed by atoms with Crippen LogP contribution in [-0.2, 0) is 11.3 Å². The van der Waals surface area contributed by atoms with Crippen molar-refractivity contribution in [2.24, 2.45) is 0 Å². The third kappa shape index (κ3) is 5.11. The summed E-state index contributed by atoms with van der Waals surface area (Å²) in [5.74, 6) is 1.72. The van der Waals surface area contributed by atoms with Gasteiger partial charge in [0.25, 0.3) is 5.91 Å². The van der Waals surface area contributed by atoms with Gasteiger partial charge in [0.15, 0.2) is 11.5 Å². The predicted octanol–water partition coefficient (Wildman–Crippen LogP) is 3.26. The molecule has 1 saturated carbocycles. The fourth-order valence-electron chi connectivity index (χ4n) is 3.28. The smallest absolute Gasteiger partial charge is 0.276 e. The minimum atomic E-state index is -0.363. The van der Waals surface area contributed by atoms with E-state index in [2.05, 4.69) is 10.5 Å². The van der Waals surface area contributed by atoms with Gasteiger partial charge in [0.2, 0.25) is 5.91 Å². The van der Waals surface area contributed by atoms with Crippen LogP contribution in [0.5, 0.6) is 11.5 Å². The lowest BCUT2D eigenvalue weighted by Crippen LogP contribution is -2.35. The van der Waals surface area contributed by atoms with Gasteiger partial charge in [0.05, 0.1) is 32.6 Å². The number of aromatic nitrogens is 1. The summed E-state index contributed by atoms with van der Waals surface area (Å²) in [6.45, 7) is 0.440. The molecule has 9 nitrogen and oxygen atoms in total. The Balaban J connectivity index is 1.53. The molecule has 2 aromatic heterocycles. The molecule has 0 atom stereocenters. The van der Waals surface area contributed by atoms with Crippen molar-refractivity contribution in [1.29, 1.82) is 0 Å². The molecule has 1 aliphatic carbocycles. The van der Waals surface area contributed by atoms with Gasteiger partial charge in [-0.2, -0.15) is 0 Å². The molecule has 0 aliphatic heterocycles. The molecule has 2 heterocycles. The Morgan fingerprint density at radius 2 is 2.03 bits per heavy atom. The molecule has 0 radical (unpaired) electrons. The van der Waals surface area contributed by atoms with Crippen LogP contribution in [0.25, 0.3) is 11.3 Å². The zero-order valence-electron chi connectivity index (χ0n) is 18.0. The summed E-state index contributed by atoms with van der Waals surface area (Å²) >= 11 is 0. The monoisotopic (exact) mass is 439 g/mol. The molecular formula is C23H25N3O6. The number of amides is 2. The Labute approximate surface area is 185 Å². The average molecular weight is 439 g/mol. The highest BCUT2D eigenvalue weighted by Crippen LogP contribution is 2.34. The second-order valence-electron chi connectivity index (χ2n) is 7.54. The lowest BCUT2D eigenvalue weighted by molar-refractivity contribution is -0.121. The average Bonchev–Trinajstić information content (AvgIpc) is 3.27. The Morgan fingerprint density at radius 3 is 2.72 bits per heavy atom. The van der Waals surface area contributed by atoms with Gasteiger partial charge < -0.3 is 28.6 Å². The van der Waals surface area contributed by atoms with E-state index in [1.165, 1.54) is 4.90 Å². The highest BCUT2D eigenvalue weighted by Gasteiger charge is 2.26. The van der Waals surface area contributed by atoms with E-state index in [1.807, 2.05) is 0 Å². The molecule has 0 saturated heterocycles. The molecular weight excluding hydrogens is 414 g/mol. The minimum absolute atomic E-state index is 0.0771. The number of carbonyl (C=O) groups excluding carboxylic acids is 2. The number of rotatable bonds is 10. The van der Waals surface area contributed by atoms with Crippen LogP contribution in [0.15, 0.2) is 51.6 Å². The SMILES string of the molecule is COc1ccc(OC)c(-c2cc(C(=O)N(CCC(=O)NC3CC3)Cc3ccco3)no2)c1. The third-order valence-corrected chi connectivity index (χ3v) is 5.17. The molecule has 0 bridgehead atoms. The van der Waals surface area contributed by atoms with Gasteiger partial charge in [-0.3, -0.25) is 9.59 Å². The number of methoxy groups -OCH3 is 2. The van der Waals surface area contributed by atoms with Crippen molar-refractivity contribution in [2.45, 2.75) is 31.8 Å². The molecule has 32 heavy (non-hydrogen) atoms. The van der Waals surface area contributed by atoms with E-state index in [0.29, 0.717) is 28.6 Å². The lowest BCUT2D eigenvalue weighted by Gasteiger charge is -2.20. The third-order valence-electron chi connectivity index (χ3n) is 5.17. The van der Waals surface area contributed by atoms with Crippen molar-refractivity contribution in [3.63, 3.8) is 0 Å². The lowest BCUT2D eigenvalue weighted by atomic mass is 10.1. The zero-order valence-corrected chi connectivity index (χ0v) is 18.0. The summed E-state index contributed by atoms with van der Waals surface area (Å²) in [4.78, 5) is 26.9. The van der Waals surface area contributed by atoms with E-state index < -0.39 is 0 Å². The van der Waals surface area contributed by atoms with Crippen LogP contribution >= 0.6 is 0 Å². The maximum Gasteiger partial charge on any atom is 0.276 e. The van der Waals surface area contributed by atoms with Gasteiger partial charge in [0.1, 0.15) is 17.3 Å². The van der Waals surface area contributed by atoms with Crippen molar-refractivity contribution < 1.29 is 28.0 Å². The largest absolute Gasteiger partial charge is 0.497 e. The molecule has 4 rings (SSSR count). The van der Waals surface area contributed by atoms with E-state index in [4.69, 9.17) is 18.4 Å². The number of benzene rings is 1. The van der Waals surface area contributed by atoms with Crippen molar-refractivity contribution in [3.8, 4) is 22.8 Å². The summed E-state index contributed by atoms with van der Waals surface area (Å²) in [7, 11) is 3.11. The second kappa shape index (κ2) is 9.59. The first-order valence-electron chi connectivity index (χ1n) is 10.4. The Bertz CT molecular complexity index is 1070. The maximum atomic E-state index is 13.2. The Morgan fingerprint density at radius 1 is 1.19 bits per heavy atom. The van der Waals surface area contributed by atoms with Crippen molar-refractivity contribution in [2.75, 3.05) is 20.8 Å². The van der Waals surface area contributed by atoms with Gasteiger partial charge in [-0.25, -0.2) is 0 Å². The first-order chi connectivity index (χ1) is 15.6. The molecule has 3 aromatic rings. The van der Waals surface area contributed by atoms with Crippen LogP contribution in [0.4, 0.5) is 0 Å². The normalized spacial score (nSPS) is 12.9. The fraction of sp³-hybridized carbons (Fsp3) is 0.348. The van der Waals surface area contributed by atoms with Gasteiger partial charge in [0, 0.05) is 25.1 Å². The Hall–Kier alpha value is -3.75. The maximum absolute atomic E-state index is 13.2. The van der Waals surface area contributed by atoms with Crippen molar-refractivity contribution >= 4 is 11.8 Å². The molecule has 1 aliphatic rings. The first-order valence-corrected chi connectivity index (χ1v) is 10.4. The summed E-state index contributed by atoms with van der Waals surface area (Å²) in [6, 6.07) is 10.6. The van der Waals surface area contributed by atoms with Gasteiger partial charge in [-0.1, -0.05) is 5.16 Å². The molecule has 1 N–H and O–H groups in total. The number of nitrogens with one attached hydrogen (secondary N) is 1. The summed E-state index contributed by atoms with van der Waals surface area (Å²) in [5, 5.41) is 6.90.